The van der Waals surface area contributed by atoms with Gasteiger partial charge in [0.2, 0.25) is 0 Å². The summed E-state index contributed by atoms with van der Waals surface area (Å²) in [5.74, 6) is -0.245. The predicted octanol–water partition coefficient (Wildman–Crippen LogP) is 3.55. The van der Waals surface area contributed by atoms with Gasteiger partial charge in [-0.15, -0.1) is 0 Å². The predicted molar refractivity (Wildman–Crippen MR) is 102 cm³/mol. The molecule has 2 N–H and O–H groups in total. The minimum atomic E-state index is -0.465. The molecule has 26 heavy (non-hydrogen) atoms. The minimum absolute atomic E-state index is 0.00917. The van der Waals surface area contributed by atoms with Crippen LogP contribution in [0.5, 0.6) is 0 Å². The standard InChI is InChI=1S/C19H22N4O3/c1-4-17(21-18-10-5-13(2)11-14(18)3)19(24)22-20-12-15-6-8-16(9-7-15)23(25)26/h5-12,17,21H,4H2,1-3H3,(H,22,24)/t17-/m1/s1. The maximum absolute atomic E-state index is 12.3. The average molecular weight is 354 g/mol. The number of anilines is 1. The molecule has 0 unspecified atom stereocenters. The molecule has 0 spiro atoms. The molecule has 0 aliphatic carbocycles. The highest BCUT2D eigenvalue weighted by Gasteiger charge is 2.16. The largest absolute Gasteiger partial charge is 0.373 e. The lowest BCUT2D eigenvalue weighted by atomic mass is 10.1. The monoisotopic (exact) mass is 354 g/mol. The molecular formula is C19H22N4O3. The van der Waals surface area contributed by atoms with E-state index in [4.69, 9.17) is 0 Å². The molecule has 0 fully saturated rings. The first-order chi connectivity index (χ1) is 12.4. The molecule has 0 saturated heterocycles. The van der Waals surface area contributed by atoms with Crippen LogP contribution in [0.4, 0.5) is 11.4 Å². The molecule has 2 rings (SSSR count). The van der Waals surface area contributed by atoms with E-state index in [1.165, 1.54) is 23.9 Å². The number of aryl methyl sites for hydroxylation is 2. The van der Waals surface area contributed by atoms with Crippen molar-refractivity contribution in [3.05, 3.63) is 69.3 Å². The van der Waals surface area contributed by atoms with Crippen molar-refractivity contribution in [3.8, 4) is 0 Å². The van der Waals surface area contributed by atoms with Crippen molar-refractivity contribution >= 4 is 23.5 Å². The zero-order valence-corrected chi connectivity index (χ0v) is 15.0. The molecule has 136 valence electrons. The number of hydrogen-bond donors (Lipinski definition) is 2. The Morgan fingerprint density at radius 1 is 1.23 bits per heavy atom. The number of nitro benzene ring substituents is 1. The topological polar surface area (TPSA) is 96.6 Å². The van der Waals surface area contributed by atoms with Crippen LogP contribution in [0.3, 0.4) is 0 Å². The SMILES string of the molecule is CC[C@@H](Nc1ccc(C)cc1C)C(=O)NN=Cc1ccc([N+](=O)[O-])cc1. The first kappa shape index (κ1) is 19.1. The number of nitrogens with one attached hydrogen (secondary N) is 2. The molecular weight excluding hydrogens is 332 g/mol. The van der Waals surface area contributed by atoms with Gasteiger partial charge in [-0.1, -0.05) is 24.6 Å². The van der Waals surface area contributed by atoms with E-state index < -0.39 is 11.0 Å². The molecule has 0 aliphatic heterocycles. The number of rotatable bonds is 7. The number of benzene rings is 2. The number of amides is 1. The maximum Gasteiger partial charge on any atom is 0.269 e. The molecule has 1 amide bonds. The van der Waals surface area contributed by atoms with Gasteiger partial charge in [-0.3, -0.25) is 14.9 Å². The van der Waals surface area contributed by atoms with Crippen LogP contribution in [-0.4, -0.2) is 23.1 Å². The third kappa shape index (κ3) is 5.14. The second-order valence-electron chi connectivity index (χ2n) is 6.01. The summed E-state index contributed by atoms with van der Waals surface area (Å²) in [6.45, 7) is 5.93. The van der Waals surface area contributed by atoms with E-state index in [1.54, 1.807) is 12.1 Å². The lowest BCUT2D eigenvalue weighted by Gasteiger charge is -2.18. The first-order valence-corrected chi connectivity index (χ1v) is 8.32. The molecule has 1 atom stereocenters. The van der Waals surface area contributed by atoms with Crippen LogP contribution in [0.2, 0.25) is 0 Å². The summed E-state index contributed by atoms with van der Waals surface area (Å²) in [5.41, 5.74) is 6.33. The van der Waals surface area contributed by atoms with Gasteiger partial charge in [0.05, 0.1) is 11.1 Å². The summed E-state index contributed by atoms with van der Waals surface area (Å²) >= 11 is 0. The highest BCUT2D eigenvalue weighted by Crippen LogP contribution is 2.17. The summed E-state index contributed by atoms with van der Waals surface area (Å²) in [7, 11) is 0. The third-order valence-electron chi connectivity index (χ3n) is 3.93. The summed E-state index contributed by atoms with van der Waals surface area (Å²) < 4.78 is 0. The summed E-state index contributed by atoms with van der Waals surface area (Å²) in [4.78, 5) is 22.5. The lowest BCUT2D eigenvalue weighted by Crippen LogP contribution is -2.37. The van der Waals surface area contributed by atoms with E-state index in [0.29, 0.717) is 12.0 Å². The van der Waals surface area contributed by atoms with Gasteiger partial charge >= 0.3 is 0 Å². The fourth-order valence-electron chi connectivity index (χ4n) is 2.45. The Kier molecular flexibility index (Phi) is 6.43. The van der Waals surface area contributed by atoms with Crippen molar-refractivity contribution < 1.29 is 9.72 Å². The number of hydrazone groups is 1. The van der Waals surface area contributed by atoms with Gasteiger partial charge in [0, 0.05) is 17.8 Å². The molecule has 0 saturated carbocycles. The smallest absolute Gasteiger partial charge is 0.269 e. The van der Waals surface area contributed by atoms with Gasteiger partial charge in [0.25, 0.3) is 11.6 Å². The van der Waals surface area contributed by atoms with Crippen LogP contribution in [0.25, 0.3) is 0 Å². The van der Waals surface area contributed by atoms with E-state index in [1.807, 2.05) is 32.9 Å². The number of hydrogen-bond acceptors (Lipinski definition) is 5. The Labute approximate surface area is 152 Å². The molecule has 2 aromatic carbocycles. The highest BCUT2D eigenvalue weighted by molar-refractivity contribution is 5.87. The third-order valence-corrected chi connectivity index (χ3v) is 3.93. The van der Waals surface area contributed by atoms with E-state index in [0.717, 1.165) is 11.3 Å². The van der Waals surface area contributed by atoms with E-state index in [9.17, 15) is 14.9 Å². The lowest BCUT2D eigenvalue weighted by molar-refractivity contribution is -0.384. The van der Waals surface area contributed by atoms with Crippen molar-refractivity contribution in [2.75, 3.05) is 5.32 Å². The van der Waals surface area contributed by atoms with Gasteiger partial charge in [-0.2, -0.15) is 5.10 Å². The van der Waals surface area contributed by atoms with Crippen LogP contribution in [0.15, 0.2) is 47.6 Å². The second-order valence-corrected chi connectivity index (χ2v) is 6.01. The molecule has 7 nitrogen and oxygen atoms in total. The van der Waals surface area contributed by atoms with E-state index in [-0.39, 0.29) is 11.6 Å². The summed E-state index contributed by atoms with van der Waals surface area (Å²) in [6, 6.07) is 11.5. The Morgan fingerprint density at radius 2 is 1.92 bits per heavy atom. The molecule has 0 aromatic heterocycles. The molecule has 0 bridgehead atoms. The Balaban J connectivity index is 1.96. The number of carbonyl (C=O) groups excluding carboxylic acids is 1. The van der Waals surface area contributed by atoms with Gasteiger partial charge < -0.3 is 5.32 Å². The molecule has 7 heteroatoms. The van der Waals surface area contributed by atoms with E-state index in [2.05, 4.69) is 21.9 Å². The first-order valence-electron chi connectivity index (χ1n) is 8.32. The Hall–Kier alpha value is -3.22. The van der Waals surface area contributed by atoms with Gasteiger partial charge in [-0.25, -0.2) is 5.43 Å². The van der Waals surface area contributed by atoms with Crippen LogP contribution >= 0.6 is 0 Å². The van der Waals surface area contributed by atoms with Crippen molar-refractivity contribution in [3.63, 3.8) is 0 Å². The van der Waals surface area contributed by atoms with Crippen molar-refractivity contribution in [2.45, 2.75) is 33.2 Å². The summed E-state index contributed by atoms with van der Waals surface area (Å²) in [6.07, 6.45) is 2.05. The van der Waals surface area contributed by atoms with Crippen molar-refractivity contribution in [1.82, 2.24) is 5.43 Å². The van der Waals surface area contributed by atoms with Gasteiger partial charge in [0.15, 0.2) is 0 Å². The summed E-state index contributed by atoms with van der Waals surface area (Å²) in [5, 5.41) is 17.8. The maximum atomic E-state index is 12.3. The van der Waals surface area contributed by atoms with Gasteiger partial charge in [0.1, 0.15) is 6.04 Å². The fraction of sp³-hybridized carbons (Fsp3) is 0.263. The number of nitrogens with zero attached hydrogens (tertiary/aromatic N) is 2. The van der Waals surface area contributed by atoms with Crippen LogP contribution < -0.4 is 10.7 Å². The minimum Gasteiger partial charge on any atom is -0.373 e. The Bertz CT molecular complexity index is 816. The van der Waals surface area contributed by atoms with Crippen LogP contribution in [0, 0.1) is 24.0 Å². The fourth-order valence-corrected chi connectivity index (χ4v) is 2.45. The average Bonchev–Trinajstić information content (AvgIpc) is 2.61. The molecule has 0 aliphatic rings. The number of non-ortho nitro benzene ring substituents is 1. The Morgan fingerprint density at radius 3 is 2.50 bits per heavy atom. The van der Waals surface area contributed by atoms with Crippen molar-refractivity contribution in [2.24, 2.45) is 5.10 Å². The van der Waals surface area contributed by atoms with Gasteiger partial charge in [-0.05, 0) is 49.6 Å². The second kappa shape index (κ2) is 8.75. The molecule has 0 heterocycles. The number of carbonyl (C=O) groups is 1. The van der Waals surface area contributed by atoms with Crippen LogP contribution in [-0.2, 0) is 4.79 Å². The normalized spacial score (nSPS) is 12.0. The molecule has 2 aromatic rings. The van der Waals surface area contributed by atoms with Crippen molar-refractivity contribution in [1.29, 1.82) is 0 Å². The highest BCUT2D eigenvalue weighted by atomic mass is 16.6. The zero-order valence-electron chi connectivity index (χ0n) is 15.0. The van der Waals surface area contributed by atoms with E-state index >= 15 is 0 Å². The quantitative estimate of drug-likeness (QED) is 0.451. The number of nitro groups is 1. The zero-order chi connectivity index (χ0) is 19.1. The van der Waals surface area contributed by atoms with Crippen LogP contribution in [0.1, 0.15) is 30.0 Å². The molecule has 0 radical (unpaired) electrons.